The Morgan fingerprint density at radius 2 is 2.00 bits per heavy atom. The number of hydrogen-bond acceptors (Lipinski definition) is 3. The van der Waals surface area contributed by atoms with Gasteiger partial charge in [-0.3, -0.25) is 4.90 Å². The molecule has 0 atom stereocenters. The van der Waals surface area contributed by atoms with Gasteiger partial charge in [0.25, 0.3) is 0 Å². The molecule has 4 heteroatoms. The van der Waals surface area contributed by atoms with Gasteiger partial charge >= 0.3 is 0 Å². The zero-order chi connectivity index (χ0) is 10.5. The van der Waals surface area contributed by atoms with Crippen LogP contribution in [0.4, 0.5) is 0 Å². The van der Waals surface area contributed by atoms with E-state index in [9.17, 15) is 0 Å². The van der Waals surface area contributed by atoms with Crippen molar-refractivity contribution in [3.05, 3.63) is 23.5 Å². The Balaban J connectivity index is 1.86. The zero-order valence-electron chi connectivity index (χ0n) is 9.04. The van der Waals surface area contributed by atoms with Crippen molar-refractivity contribution in [3.63, 3.8) is 0 Å². The van der Waals surface area contributed by atoms with E-state index in [2.05, 4.69) is 22.0 Å². The molecule has 15 heavy (non-hydrogen) atoms. The Labute approximate surface area is 90.4 Å². The summed E-state index contributed by atoms with van der Waals surface area (Å²) < 4.78 is 5.31. The van der Waals surface area contributed by atoms with E-state index < -0.39 is 0 Å². The molecule has 0 radical (unpaired) electrons. The maximum atomic E-state index is 5.51. The molecule has 1 aromatic rings. The molecule has 1 saturated heterocycles. The summed E-state index contributed by atoms with van der Waals surface area (Å²) in [7, 11) is 0. The lowest BCUT2D eigenvalue weighted by molar-refractivity contribution is 0.0337. The van der Waals surface area contributed by atoms with E-state index in [1.807, 2.05) is 0 Å². The van der Waals surface area contributed by atoms with Crippen molar-refractivity contribution in [3.8, 4) is 0 Å². The minimum Gasteiger partial charge on any atom is -0.379 e. The summed E-state index contributed by atoms with van der Waals surface area (Å²) in [6.45, 7) is 5.48. The molecule has 0 aromatic carbocycles. The SMILES string of the molecule is NCCc1ccc(CN2CCOCC2)[nH]1. The summed E-state index contributed by atoms with van der Waals surface area (Å²) in [4.78, 5) is 5.80. The number of nitrogens with one attached hydrogen (secondary N) is 1. The van der Waals surface area contributed by atoms with Gasteiger partial charge in [-0.1, -0.05) is 0 Å². The summed E-state index contributed by atoms with van der Waals surface area (Å²) in [5, 5.41) is 0. The Morgan fingerprint density at radius 1 is 1.27 bits per heavy atom. The van der Waals surface area contributed by atoms with Gasteiger partial charge in [-0.2, -0.15) is 0 Å². The van der Waals surface area contributed by atoms with Gasteiger partial charge in [-0.15, -0.1) is 0 Å². The van der Waals surface area contributed by atoms with Crippen molar-refractivity contribution in [2.75, 3.05) is 32.8 Å². The van der Waals surface area contributed by atoms with Crippen LogP contribution in [-0.2, 0) is 17.7 Å². The fourth-order valence-electron chi connectivity index (χ4n) is 1.88. The highest BCUT2D eigenvalue weighted by molar-refractivity contribution is 5.13. The average molecular weight is 209 g/mol. The number of nitrogens with two attached hydrogens (primary N) is 1. The van der Waals surface area contributed by atoms with Crippen LogP contribution in [0, 0.1) is 0 Å². The highest BCUT2D eigenvalue weighted by Crippen LogP contribution is 2.07. The van der Waals surface area contributed by atoms with E-state index in [0.29, 0.717) is 6.54 Å². The second-order valence-electron chi connectivity index (χ2n) is 3.94. The van der Waals surface area contributed by atoms with Crippen LogP contribution in [0.5, 0.6) is 0 Å². The molecule has 1 aromatic heterocycles. The highest BCUT2D eigenvalue weighted by Gasteiger charge is 2.11. The first-order valence-corrected chi connectivity index (χ1v) is 5.55. The van der Waals surface area contributed by atoms with Crippen molar-refractivity contribution >= 4 is 0 Å². The van der Waals surface area contributed by atoms with Gasteiger partial charge in [0.05, 0.1) is 13.2 Å². The first kappa shape index (κ1) is 10.7. The second-order valence-corrected chi connectivity index (χ2v) is 3.94. The van der Waals surface area contributed by atoms with Gasteiger partial charge in [-0.05, 0) is 25.1 Å². The molecule has 1 aliphatic rings. The Hall–Kier alpha value is -0.840. The topological polar surface area (TPSA) is 54.3 Å². The van der Waals surface area contributed by atoms with Crippen molar-refractivity contribution < 1.29 is 4.74 Å². The van der Waals surface area contributed by atoms with Gasteiger partial charge in [0.15, 0.2) is 0 Å². The van der Waals surface area contributed by atoms with E-state index in [4.69, 9.17) is 10.5 Å². The molecule has 0 amide bonds. The third kappa shape index (κ3) is 3.06. The van der Waals surface area contributed by atoms with Crippen LogP contribution in [0.25, 0.3) is 0 Å². The maximum absolute atomic E-state index is 5.51. The van der Waals surface area contributed by atoms with E-state index in [1.54, 1.807) is 0 Å². The number of H-pyrrole nitrogens is 1. The number of aromatic amines is 1. The van der Waals surface area contributed by atoms with Crippen LogP contribution in [-0.4, -0.2) is 42.7 Å². The minimum absolute atomic E-state index is 0.706. The summed E-state index contributed by atoms with van der Waals surface area (Å²) >= 11 is 0. The smallest absolute Gasteiger partial charge is 0.0594 e. The van der Waals surface area contributed by atoms with Crippen molar-refractivity contribution in [1.82, 2.24) is 9.88 Å². The molecular formula is C11H19N3O. The fraction of sp³-hybridized carbons (Fsp3) is 0.636. The van der Waals surface area contributed by atoms with Gasteiger partial charge in [-0.25, -0.2) is 0 Å². The molecule has 0 unspecified atom stereocenters. The third-order valence-corrected chi connectivity index (χ3v) is 2.72. The molecule has 1 aliphatic heterocycles. The van der Waals surface area contributed by atoms with Gasteiger partial charge in [0, 0.05) is 31.0 Å². The van der Waals surface area contributed by atoms with Crippen LogP contribution in [0.2, 0.25) is 0 Å². The molecule has 0 spiro atoms. The van der Waals surface area contributed by atoms with E-state index in [0.717, 1.165) is 39.3 Å². The molecule has 0 bridgehead atoms. The minimum atomic E-state index is 0.706. The molecule has 2 rings (SSSR count). The lowest BCUT2D eigenvalue weighted by Gasteiger charge is -2.25. The largest absolute Gasteiger partial charge is 0.379 e. The van der Waals surface area contributed by atoms with Crippen molar-refractivity contribution in [1.29, 1.82) is 0 Å². The van der Waals surface area contributed by atoms with Crippen LogP contribution in [0.1, 0.15) is 11.4 Å². The standard InChI is InChI=1S/C11H19N3O/c12-4-3-10-1-2-11(13-10)9-14-5-7-15-8-6-14/h1-2,13H,3-9,12H2. The summed E-state index contributed by atoms with van der Waals surface area (Å²) in [5.41, 5.74) is 8.02. The summed E-state index contributed by atoms with van der Waals surface area (Å²) in [5.74, 6) is 0. The number of aromatic nitrogens is 1. The summed E-state index contributed by atoms with van der Waals surface area (Å²) in [6.07, 6.45) is 0.934. The van der Waals surface area contributed by atoms with Crippen LogP contribution in [0.3, 0.4) is 0 Å². The monoisotopic (exact) mass is 209 g/mol. The molecule has 84 valence electrons. The predicted molar refractivity (Wildman–Crippen MR) is 59.6 cm³/mol. The van der Waals surface area contributed by atoms with Crippen LogP contribution >= 0.6 is 0 Å². The lowest BCUT2D eigenvalue weighted by Crippen LogP contribution is -2.35. The number of rotatable bonds is 4. The molecule has 3 N–H and O–H groups in total. The Bertz CT molecular complexity index is 292. The highest BCUT2D eigenvalue weighted by atomic mass is 16.5. The Kier molecular flexibility index (Phi) is 3.77. The van der Waals surface area contributed by atoms with Crippen LogP contribution < -0.4 is 5.73 Å². The second kappa shape index (κ2) is 5.30. The average Bonchev–Trinajstić information content (AvgIpc) is 2.68. The first-order chi connectivity index (χ1) is 7.38. The van der Waals surface area contributed by atoms with Crippen molar-refractivity contribution in [2.24, 2.45) is 5.73 Å². The fourth-order valence-corrected chi connectivity index (χ4v) is 1.88. The van der Waals surface area contributed by atoms with Gasteiger partial charge in [0.1, 0.15) is 0 Å². The van der Waals surface area contributed by atoms with E-state index >= 15 is 0 Å². The normalized spacial score (nSPS) is 18.2. The van der Waals surface area contributed by atoms with Crippen LogP contribution in [0.15, 0.2) is 12.1 Å². The van der Waals surface area contributed by atoms with Gasteiger partial charge < -0.3 is 15.5 Å². The molecule has 2 heterocycles. The van der Waals surface area contributed by atoms with Crippen molar-refractivity contribution in [2.45, 2.75) is 13.0 Å². The Morgan fingerprint density at radius 3 is 2.73 bits per heavy atom. The zero-order valence-corrected chi connectivity index (χ0v) is 9.04. The molecule has 1 fully saturated rings. The number of ether oxygens (including phenoxy) is 1. The molecule has 0 saturated carbocycles. The maximum Gasteiger partial charge on any atom is 0.0594 e. The van der Waals surface area contributed by atoms with E-state index in [1.165, 1.54) is 11.4 Å². The number of hydrogen-bond donors (Lipinski definition) is 2. The van der Waals surface area contributed by atoms with Gasteiger partial charge in [0.2, 0.25) is 0 Å². The third-order valence-electron chi connectivity index (χ3n) is 2.72. The molecule has 0 aliphatic carbocycles. The van der Waals surface area contributed by atoms with E-state index in [-0.39, 0.29) is 0 Å². The molecular weight excluding hydrogens is 190 g/mol. The quantitative estimate of drug-likeness (QED) is 0.752. The summed E-state index contributed by atoms with van der Waals surface area (Å²) in [6, 6.07) is 4.28. The number of morpholine rings is 1. The predicted octanol–water partition coefficient (Wildman–Crippen LogP) is 0.348. The first-order valence-electron chi connectivity index (χ1n) is 5.55. The lowest BCUT2D eigenvalue weighted by atomic mass is 10.3. The molecule has 4 nitrogen and oxygen atoms in total. The number of nitrogens with zero attached hydrogens (tertiary/aromatic N) is 1.